The lowest BCUT2D eigenvalue weighted by Gasteiger charge is -2.19. The third-order valence-electron chi connectivity index (χ3n) is 3.96. The Morgan fingerprint density at radius 2 is 1.90 bits per heavy atom. The Balaban J connectivity index is 1.89. The van der Waals surface area contributed by atoms with Crippen molar-refractivity contribution in [1.82, 2.24) is 14.8 Å². The summed E-state index contributed by atoms with van der Waals surface area (Å²) in [6.45, 7) is -1.61. The maximum absolute atomic E-state index is 14.2. The monoisotopic (exact) mass is 424 g/mol. The number of carbonyl (C=O) groups excluding carboxylic acids is 1. The van der Waals surface area contributed by atoms with E-state index in [0.717, 1.165) is 16.8 Å². The quantitative estimate of drug-likeness (QED) is 0.554. The highest BCUT2D eigenvalue weighted by Crippen LogP contribution is 2.30. The molecule has 1 aromatic heterocycles. The summed E-state index contributed by atoms with van der Waals surface area (Å²) in [6.07, 6.45) is 1.46. The number of para-hydroxylation sites is 1. The van der Waals surface area contributed by atoms with Gasteiger partial charge in [-0.25, -0.2) is 18.4 Å². The molecule has 0 aliphatic carbocycles. The summed E-state index contributed by atoms with van der Waals surface area (Å²) in [6, 6.07) is 7.32. The van der Waals surface area contributed by atoms with Gasteiger partial charge < -0.3 is 14.8 Å². The van der Waals surface area contributed by atoms with Crippen LogP contribution in [0.25, 0.3) is 5.69 Å². The van der Waals surface area contributed by atoms with E-state index < -0.39 is 36.0 Å². The Morgan fingerprint density at radius 1 is 1.13 bits per heavy atom. The van der Waals surface area contributed by atoms with E-state index in [1.54, 1.807) is 13.0 Å². The Hall–Kier alpha value is -3.63. The fourth-order valence-corrected chi connectivity index (χ4v) is 2.58. The molecule has 11 heteroatoms. The average molecular weight is 424 g/mol. The molecule has 3 aromatic rings. The number of aromatic nitrogens is 3. The molecule has 1 atom stereocenters. The SMILES string of the molecule is CCC(Oc1ccccc1F)C(=O)Nc1cc(F)c(OC(F)F)cc1-n1cncn1. The van der Waals surface area contributed by atoms with E-state index in [0.29, 0.717) is 0 Å². The van der Waals surface area contributed by atoms with E-state index >= 15 is 0 Å². The van der Waals surface area contributed by atoms with Crippen LogP contribution in [0.3, 0.4) is 0 Å². The summed E-state index contributed by atoms with van der Waals surface area (Å²) < 4.78 is 63.8. The van der Waals surface area contributed by atoms with Gasteiger partial charge in [-0.1, -0.05) is 19.1 Å². The molecule has 30 heavy (non-hydrogen) atoms. The predicted octanol–water partition coefficient (Wildman–Crippen LogP) is 3.94. The fraction of sp³-hybridized carbons (Fsp3) is 0.211. The van der Waals surface area contributed by atoms with E-state index in [-0.39, 0.29) is 23.5 Å². The zero-order chi connectivity index (χ0) is 21.7. The van der Waals surface area contributed by atoms with Crippen LogP contribution in [0.15, 0.2) is 49.1 Å². The summed E-state index contributed by atoms with van der Waals surface area (Å²) in [5.41, 5.74) is -0.0705. The van der Waals surface area contributed by atoms with Gasteiger partial charge in [-0.15, -0.1) is 0 Å². The molecule has 7 nitrogen and oxygen atoms in total. The number of halogens is 4. The standard InChI is InChI=1S/C19H16F4N4O3/c1-2-15(29-16-6-4-3-5-11(16)20)18(28)26-13-7-12(21)17(30-19(22)23)8-14(13)27-10-24-9-25-27/h3-10,15,19H,2H2,1H3,(H,26,28). The largest absolute Gasteiger partial charge is 0.478 e. The highest BCUT2D eigenvalue weighted by atomic mass is 19.3. The molecule has 1 N–H and O–H groups in total. The minimum atomic E-state index is -3.25. The van der Waals surface area contributed by atoms with Crippen LogP contribution in [0.4, 0.5) is 23.2 Å². The lowest BCUT2D eigenvalue weighted by Crippen LogP contribution is -2.33. The molecule has 3 rings (SSSR count). The van der Waals surface area contributed by atoms with Gasteiger partial charge in [-0.05, 0) is 18.6 Å². The Morgan fingerprint density at radius 3 is 2.53 bits per heavy atom. The minimum absolute atomic E-state index is 0.0265. The van der Waals surface area contributed by atoms with Crippen molar-refractivity contribution < 1.29 is 31.8 Å². The number of ether oxygens (including phenoxy) is 2. The van der Waals surface area contributed by atoms with Crippen LogP contribution in [0.5, 0.6) is 11.5 Å². The van der Waals surface area contributed by atoms with E-state index in [2.05, 4.69) is 20.1 Å². The van der Waals surface area contributed by atoms with Gasteiger partial charge in [0.25, 0.3) is 5.91 Å². The highest BCUT2D eigenvalue weighted by Gasteiger charge is 2.23. The van der Waals surface area contributed by atoms with Crippen LogP contribution in [-0.4, -0.2) is 33.4 Å². The molecule has 0 aliphatic rings. The van der Waals surface area contributed by atoms with Gasteiger partial charge in [-0.3, -0.25) is 4.79 Å². The number of hydrogen-bond donors (Lipinski definition) is 1. The van der Waals surface area contributed by atoms with Crippen LogP contribution in [0, 0.1) is 11.6 Å². The first-order valence-electron chi connectivity index (χ1n) is 8.74. The Bertz CT molecular complexity index is 1020. The van der Waals surface area contributed by atoms with E-state index in [1.165, 1.54) is 30.9 Å². The maximum Gasteiger partial charge on any atom is 0.387 e. The van der Waals surface area contributed by atoms with Crippen molar-refractivity contribution in [2.45, 2.75) is 26.1 Å². The number of nitrogens with one attached hydrogen (secondary N) is 1. The fourth-order valence-electron chi connectivity index (χ4n) is 2.58. The topological polar surface area (TPSA) is 78.3 Å². The lowest BCUT2D eigenvalue weighted by atomic mass is 10.2. The van der Waals surface area contributed by atoms with Gasteiger partial charge >= 0.3 is 6.61 Å². The Kier molecular flexibility index (Phi) is 6.50. The molecule has 1 amide bonds. The second-order valence-electron chi connectivity index (χ2n) is 5.95. The molecule has 2 aromatic carbocycles. The van der Waals surface area contributed by atoms with Gasteiger partial charge in [0.2, 0.25) is 0 Å². The molecule has 0 saturated carbocycles. The van der Waals surface area contributed by atoms with Crippen molar-refractivity contribution in [3.8, 4) is 17.2 Å². The first kappa shape index (κ1) is 21.1. The molecular weight excluding hydrogens is 408 g/mol. The second-order valence-corrected chi connectivity index (χ2v) is 5.95. The average Bonchev–Trinajstić information content (AvgIpc) is 3.23. The molecule has 1 unspecified atom stereocenters. The van der Waals surface area contributed by atoms with Gasteiger partial charge in [0.15, 0.2) is 29.2 Å². The summed E-state index contributed by atoms with van der Waals surface area (Å²) in [4.78, 5) is 16.4. The zero-order valence-corrected chi connectivity index (χ0v) is 15.6. The van der Waals surface area contributed by atoms with Crippen molar-refractivity contribution in [2.24, 2.45) is 0 Å². The van der Waals surface area contributed by atoms with E-state index in [1.807, 2.05) is 0 Å². The van der Waals surface area contributed by atoms with Crippen LogP contribution < -0.4 is 14.8 Å². The molecule has 0 fully saturated rings. The second kappa shape index (κ2) is 9.25. The number of benzene rings is 2. The smallest absolute Gasteiger partial charge is 0.387 e. The van der Waals surface area contributed by atoms with Gasteiger partial charge in [0.1, 0.15) is 12.7 Å². The van der Waals surface area contributed by atoms with Gasteiger partial charge in [0.05, 0.1) is 11.4 Å². The van der Waals surface area contributed by atoms with Crippen molar-refractivity contribution in [2.75, 3.05) is 5.32 Å². The third kappa shape index (κ3) is 4.85. The number of amides is 1. The molecule has 158 valence electrons. The first-order chi connectivity index (χ1) is 14.4. The van der Waals surface area contributed by atoms with Gasteiger partial charge in [0, 0.05) is 12.1 Å². The zero-order valence-electron chi connectivity index (χ0n) is 15.6. The van der Waals surface area contributed by atoms with Crippen molar-refractivity contribution in [3.63, 3.8) is 0 Å². The normalized spacial score (nSPS) is 11.9. The predicted molar refractivity (Wildman–Crippen MR) is 97.7 cm³/mol. The van der Waals surface area contributed by atoms with Crippen molar-refractivity contribution >= 4 is 11.6 Å². The number of rotatable bonds is 8. The van der Waals surface area contributed by atoms with Crippen molar-refractivity contribution in [1.29, 1.82) is 0 Å². The molecule has 0 aliphatic heterocycles. The number of alkyl halides is 2. The van der Waals surface area contributed by atoms with Crippen LogP contribution in [0.1, 0.15) is 13.3 Å². The number of anilines is 1. The van der Waals surface area contributed by atoms with Crippen LogP contribution in [-0.2, 0) is 4.79 Å². The van der Waals surface area contributed by atoms with Gasteiger partial charge in [-0.2, -0.15) is 13.9 Å². The van der Waals surface area contributed by atoms with Crippen molar-refractivity contribution in [3.05, 3.63) is 60.7 Å². The summed E-state index contributed by atoms with van der Waals surface area (Å²) in [7, 11) is 0. The number of nitrogens with zero attached hydrogens (tertiary/aromatic N) is 3. The number of carbonyl (C=O) groups is 1. The molecule has 1 heterocycles. The van der Waals surface area contributed by atoms with E-state index in [9.17, 15) is 22.4 Å². The third-order valence-corrected chi connectivity index (χ3v) is 3.96. The first-order valence-corrected chi connectivity index (χ1v) is 8.74. The van der Waals surface area contributed by atoms with Crippen LogP contribution >= 0.6 is 0 Å². The molecule has 0 saturated heterocycles. The molecule has 0 spiro atoms. The maximum atomic E-state index is 14.2. The minimum Gasteiger partial charge on any atom is -0.478 e. The lowest BCUT2D eigenvalue weighted by molar-refractivity contribution is -0.122. The molecule has 0 radical (unpaired) electrons. The summed E-state index contributed by atoms with van der Waals surface area (Å²) in [5.74, 6) is -3.33. The summed E-state index contributed by atoms with van der Waals surface area (Å²) >= 11 is 0. The Labute approximate surface area is 168 Å². The molecular formula is C19H16F4N4O3. The highest BCUT2D eigenvalue weighted by molar-refractivity contribution is 5.96. The number of hydrogen-bond acceptors (Lipinski definition) is 5. The summed E-state index contributed by atoms with van der Waals surface area (Å²) in [5, 5.41) is 6.31. The van der Waals surface area contributed by atoms with Crippen LogP contribution in [0.2, 0.25) is 0 Å². The van der Waals surface area contributed by atoms with E-state index in [4.69, 9.17) is 4.74 Å². The molecule has 0 bridgehead atoms.